The number of aromatic nitrogens is 2. The van der Waals surface area contributed by atoms with E-state index in [0.717, 1.165) is 6.26 Å². The second-order valence-electron chi connectivity index (χ2n) is 7.36. The molecule has 0 unspecified atom stereocenters. The van der Waals surface area contributed by atoms with Gasteiger partial charge in [-0.2, -0.15) is 5.10 Å². The molecule has 0 spiro atoms. The number of carboxylic acids is 2. The van der Waals surface area contributed by atoms with Gasteiger partial charge in [-0.05, 0) is 54.6 Å². The van der Waals surface area contributed by atoms with Gasteiger partial charge in [-0.3, -0.25) is 0 Å². The van der Waals surface area contributed by atoms with Crippen LogP contribution in [0.3, 0.4) is 0 Å². The van der Waals surface area contributed by atoms with Crippen molar-refractivity contribution in [3.05, 3.63) is 90.0 Å². The van der Waals surface area contributed by atoms with E-state index in [1.54, 1.807) is 47.1 Å². The molecule has 9 heteroatoms. The lowest BCUT2D eigenvalue weighted by molar-refractivity contribution is 0.0686. The number of hydrogen-bond acceptors (Lipinski definition) is 5. The van der Waals surface area contributed by atoms with Crippen molar-refractivity contribution in [3.8, 4) is 28.2 Å². The van der Waals surface area contributed by atoms with E-state index in [1.165, 1.54) is 36.4 Å². The van der Waals surface area contributed by atoms with Crippen LogP contribution in [0.1, 0.15) is 20.7 Å². The summed E-state index contributed by atoms with van der Waals surface area (Å²) in [5.74, 6) is -2.07. The predicted octanol–water partition coefficient (Wildman–Crippen LogP) is 4.01. The largest absolute Gasteiger partial charge is 0.478 e. The van der Waals surface area contributed by atoms with Crippen LogP contribution in [0, 0.1) is 0 Å². The Hall–Kier alpha value is -4.24. The van der Waals surface area contributed by atoms with Gasteiger partial charge in [0.15, 0.2) is 9.84 Å². The van der Waals surface area contributed by atoms with Crippen LogP contribution in [-0.4, -0.2) is 46.6 Å². The molecule has 33 heavy (non-hydrogen) atoms. The molecule has 0 fully saturated rings. The highest BCUT2D eigenvalue weighted by atomic mass is 32.2. The van der Waals surface area contributed by atoms with Gasteiger partial charge in [0.05, 0.1) is 33.1 Å². The Kier molecular flexibility index (Phi) is 5.57. The lowest BCUT2D eigenvalue weighted by Gasteiger charge is -2.09. The molecule has 1 heterocycles. The summed E-state index contributed by atoms with van der Waals surface area (Å²) >= 11 is 0. The SMILES string of the molecule is CS(=O)(=O)c1ccc(-n2nc(-c3ccc(C(=O)O)cc3)cc2-c2ccc(C(=O)O)cc2)cc1. The minimum atomic E-state index is -3.36. The molecule has 0 radical (unpaired) electrons. The summed E-state index contributed by atoms with van der Waals surface area (Å²) in [6.45, 7) is 0. The van der Waals surface area contributed by atoms with Crippen LogP contribution in [0.2, 0.25) is 0 Å². The van der Waals surface area contributed by atoms with Gasteiger partial charge < -0.3 is 10.2 Å². The maximum atomic E-state index is 11.8. The van der Waals surface area contributed by atoms with Gasteiger partial charge in [-0.1, -0.05) is 24.3 Å². The lowest BCUT2D eigenvalue weighted by atomic mass is 10.1. The molecule has 4 aromatic rings. The molecular weight excluding hydrogens is 444 g/mol. The van der Waals surface area contributed by atoms with Gasteiger partial charge in [0.2, 0.25) is 0 Å². The van der Waals surface area contributed by atoms with Crippen LogP contribution in [0.15, 0.2) is 83.8 Å². The number of aromatic carboxylic acids is 2. The molecular formula is C24H18N2O6S. The van der Waals surface area contributed by atoms with Crippen molar-refractivity contribution >= 4 is 21.8 Å². The molecule has 4 rings (SSSR count). The molecule has 0 aliphatic rings. The van der Waals surface area contributed by atoms with E-state index in [2.05, 4.69) is 5.10 Å². The number of hydrogen-bond donors (Lipinski definition) is 2. The van der Waals surface area contributed by atoms with Gasteiger partial charge in [-0.25, -0.2) is 22.7 Å². The summed E-state index contributed by atoms with van der Waals surface area (Å²) in [5.41, 5.74) is 3.51. The van der Waals surface area contributed by atoms with E-state index < -0.39 is 21.8 Å². The summed E-state index contributed by atoms with van der Waals surface area (Å²) in [6, 6.07) is 20.6. The van der Waals surface area contributed by atoms with Gasteiger partial charge in [0.25, 0.3) is 0 Å². The molecule has 0 bridgehead atoms. The van der Waals surface area contributed by atoms with Crippen molar-refractivity contribution < 1.29 is 28.2 Å². The van der Waals surface area contributed by atoms with Crippen molar-refractivity contribution in [2.75, 3.05) is 6.26 Å². The van der Waals surface area contributed by atoms with Gasteiger partial charge >= 0.3 is 11.9 Å². The zero-order valence-electron chi connectivity index (χ0n) is 17.3. The lowest BCUT2D eigenvalue weighted by Crippen LogP contribution is -2.02. The third kappa shape index (κ3) is 4.53. The van der Waals surface area contributed by atoms with Crippen molar-refractivity contribution in [1.82, 2.24) is 9.78 Å². The van der Waals surface area contributed by atoms with Crippen LogP contribution in [0.5, 0.6) is 0 Å². The quantitative estimate of drug-likeness (QED) is 0.443. The number of carbonyl (C=O) groups is 2. The molecule has 0 aliphatic heterocycles. The summed E-state index contributed by atoms with van der Waals surface area (Å²) in [7, 11) is -3.36. The van der Waals surface area contributed by atoms with Gasteiger partial charge in [0, 0.05) is 17.4 Å². The minimum Gasteiger partial charge on any atom is -0.478 e. The van der Waals surface area contributed by atoms with E-state index in [0.29, 0.717) is 28.2 Å². The first-order valence-electron chi connectivity index (χ1n) is 9.71. The second kappa shape index (κ2) is 8.36. The third-order valence-corrected chi connectivity index (χ3v) is 6.20. The fourth-order valence-corrected chi connectivity index (χ4v) is 3.96. The molecule has 0 saturated carbocycles. The maximum Gasteiger partial charge on any atom is 0.335 e. The Morgan fingerprint density at radius 1 is 0.758 bits per heavy atom. The molecule has 1 aromatic heterocycles. The summed E-state index contributed by atoms with van der Waals surface area (Å²) in [5, 5.41) is 23.0. The Morgan fingerprint density at radius 2 is 1.24 bits per heavy atom. The van der Waals surface area contributed by atoms with Crippen molar-refractivity contribution in [1.29, 1.82) is 0 Å². The first kappa shape index (κ1) is 22.0. The smallest absolute Gasteiger partial charge is 0.335 e. The van der Waals surface area contributed by atoms with E-state index in [1.807, 2.05) is 0 Å². The van der Waals surface area contributed by atoms with E-state index >= 15 is 0 Å². The number of rotatable bonds is 6. The highest BCUT2D eigenvalue weighted by Crippen LogP contribution is 2.29. The summed E-state index contributed by atoms with van der Waals surface area (Å²) in [6.07, 6.45) is 1.13. The average molecular weight is 462 g/mol. The zero-order valence-corrected chi connectivity index (χ0v) is 18.2. The van der Waals surface area contributed by atoms with Crippen LogP contribution in [0.25, 0.3) is 28.2 Å². The normalized spacial score (nSPS) is 11.3. The Morgan fingerprint density at radius 3 is 1.70 bits per heavy atom. The van der Waals surface area contributed by atoms with Crippen LogP contribution >= 0.6 is 0 Å². The first-order chi connectivity index (χ1) is 15.6. The van der Waals surface area contributed by atoms with Crippen LogP contribution < -0.4 is 0 Å². The highest BCUT2D eigenvalue weighted by molar-refractivity contribution is 7.90. The van der Waals surface area contributed by atoms with Crippen molar-refractivity contribution in [3.63, 3.8) is 0 Å². The van der Waals surface area contributed by atoms with Crippen LogP contribution in [-0.2, 0) is 9.84 Å². The van der Waals surface area contributed by atoms with Crippen molar-refractivity contribution in [2.24, 2.45) is 0 Å². The van der Waals surface area contributed by atoms with Gasteiger partial charge in [0.1, 0.15) is 0 Å². The fraction of sp³-hybridized carbons (Fsp3) is 0.0417. The Bertz CT molecular complexity index is 1450. The Balaban J connectivity index is 1.84. The predicted molar refractivity (Wildman–Crippen MR) is 121 cm³/mol. The standard InChI is InChI=1S/C24H18N2O6S/c1-33(31,32)20-12-10-19(11-13-20)26-22(16-4-8-18(9-5-16)24(29)30)14-21(25-26)15-2-6-17(7-3-15)23(27)28/h2-14H,1H3,(H,27,28)(H,29,30). The van der Waals surface area contributed by atoms with E-state index in [-0.39, 0.29) is 16.0 Å². The average Bonchev–Trinajstić information content (AvgIpc) is 3.24. The summed E-state index contributed by atoms with van der Waals surface area (Å²) in [4.78, 5) is 22.5. The van der Waals surface area contributed by atoms with E-state index in [9.17, 15) is 23.1 Å². The van der Waals surface area contributed by atoms with Crippen LogP contribution in [0.4, 0.5) is 0 Å². The molecule has 2 N–H and O–H groups in total. The monoisotopic (exact) mass is 462 g/mol. The summed E-state index contributed by atoms with van der Waals surface area (Å²) < 4.78 is 25.2. The molecule has 0 aliphatic carbocycles. The molecule has 3 aromatic carbocycles. The molecule has 166 valence electrons. The van der Waals surface area contributed by atoms with Crippen molar-refractivity contribution in [2.45, 2.75) is 4.90 Å². The second-order valence-corrected chi connectivity index (χ2v) is 9.37. The Labute approximate surface area is 189 Å². The molecule has 0 saturated heterocycles. The topological polar surface area (TPSA) is 127 Å². The molecule has 0 atom stereocenters. The number of nitrogens with zero attached hydrogens (tertiary/aromatic N) is 2. The molecule has 8 nitrogen and oxygen atoms in total. The zero-order chi connectivity index (χ0) is 23.8. The highest BCUT2D eigenvalue weighted by Gasteiger charge is 2.15. The number of benzene rings is 3. The third-order valence-electron chi connectivity index (χ3n) is 5.07. The molecule has 0 amide bonds. The first-order valence-corrected chi connectivity index (χ1v) is 11.6. The number of sulfone groups is 1. The minimum absolute atomic E-state index is 0.145. The van der Waals surface area contributed by atoms with E-state index in [4.69, 9.17) is 5.11 Å². The number of carboxylic acid groups (broad SMARTS) is 2. The van der Waals surface area contributed by atoms with Gasteiger partial charge in [-0.15, -0.1) is 0 Å². The fourth-order valence-electron chi connectivity index (χ4n) is 3.33. The maximum absolute atomic E-state index is 11.8.